The predicted molar refractivity (Wildman–Crippen MR) is 232 cm³/mol. The van der Waals surface area contributed by atoms with Crippen LogP contribution in [0.1, 0.15) is 89.9 Å². The van der Waals surface area contributed by atoms with Gasteiger partial charge in [0.25, 0.3) is 0 Å². The van der Waals surface area contributed by atoms with E-state index in [-0.39, 0.29) is 11.0 Å². The second-order valence-electron chi connectivity index (χ2n) is 16.4. The minimum Gasteiger partial charge on any atom is -0.256 e. The topological polar surface area (TPSA) is 25.8 Å². The zero-order valence-corrected chi connectivity index (χ0v) is 32.6. The summed E-state index contributed by atoms with van der Waals surface area (Å²) in [5.74, 6) is 0.608. The minimum atomic E-state index is -2.27. The maximum Gasteiger partial charge on any atom is 0.0708 e. The smallest absolute Gasteiger partial charge is 0.0708 e. The van der Waals surface area contributed by atoms with Gasteiger partial charge in [-0.15, -0.1) is 0 Å². The number of nitrogens with zero attached hydrogens (tertiary/aromatic N) is 2. The first-order valence-corrected chi connectivity index (χ1v) is 19.9. The Morgan fingerprint density at radius 3 is 1.84 bits per heavy atom. The molecule has 0 saturated heterocycles. The van der Waals surface area contributed by atoms with Crippen molar-refractivity contribution < 1.29 is 4.11 Å². The summed E-state index contributed by atoms with van der Waals surface area (Å²) < 4.78 is 24.8. The number of rotatable bonds is 9. The quantitative estimate of drug-likeness (QED) is 0.148. The Morgan fingerprint density at radius 2 is 1.16 bits per heavy atom. The highest BCUT2D eigenvalue weighted by Crippen LogP contribution is 2.37. The molecule has 0 N–H and O–H groups in total. The molecule has 1 aliphatic carbocycles. The first kappa shape index (κ1) is 32.8. The van der Waals surface area contributed by atoms with Crippen LogP contribution in [0, 0.1) is 13.8 Å². The average molecular weight is 720 g/mol. The van der Waals surface area contributed by atoms with E-state index < -0.39 is 6.85 Å². The molecular weight excluding hydrogens is 665 g/mol. The average Bonchev–Trinajstić information content (AvgIpc) is 3.78. The second-order valence-corrected chi connectivity index (χ2v) is 16.4. The second kappa shape index (κ2) is 15.6. The number of hydrogen-bond donors (Lipinski definition) is 0. The molecule has 2 nitrogen and oxygen atoms in total. The largest absolute Gasteiger partial charge is 0.256 e. The summed E-state index contributed by atoms with van der Waals surface area (Å²) in [4.78, 5) is 9.42. The van der Waals surface area contributed by atoms with Crippen LogP contribution in [0.3, 0.4) is 0 Å². The lowest BCUT2D eigenvalue weighted by Crippen LogP contribution is -2.11. The number of benzene rings is 5. The van der Waals surface area contributed by atoms with E-state index in [9.17, 15) is 0 Å². The first-order chi connectivity index (χ1) is 27.9. The number of aromatic nitrogens is 2. The van der Waals surface area contributed by atoms with Crippen LogP contribution in [0.15, 0.2) is 146 Å². The number of pyridine rings is 2. The fourth-order valence-electron chi connectivity index (χ4n) is 8.15. The van der Waals surface area contributed by atoms with Crippen molar-refractivity contribution in [1.82, 2.24) is 9.97 Å². The molecule has 1 aliphatic rings. The van der Waals surface area contributed by atoms with E-state index in [2.05, 4.69) is 160 Å². The normalized spacial score (nSPS) is 14.4. The Balaban J connectivity index is 1.01. The van der Waals surface area contributed by atoms with E-state index in [4.69, 9.17) is 9.10 Å². The zero-order valence-electron chi connectivity index (χ0n) is 35.6. The van der Waals surface area contributed by atoms with Crippen LogP contribution in [-0.2, 0) is 18.3 Å². The highest BCUT2D eigenvalue weighted by molar-refractivity contribution is 5.85. The fraction of sp³-hybridized carbons (Fsp3) is 0.245. The molecule has 1 saturated carbocycles. The van der Waals surface area contributed by atoms with Crippen LogP contribution in [0.5, 0.6) is 0 Å². The molecular formula is C53H52N2. The van der Waals surface area contributed by atoms with Gasteiger partial charge >= 0.3 is 0 Å². The molecule has 0 unspecified atom stereocenters. The van der Waals surface area contributed by atoms with Gasteiger partial charge in [0.05, 0.1) is 11.4 Å². The van der Waals surface area contributed by atoms with Gasteiger partial charge in [-0.25, -0.2) is 0 Å². The van der Waals surface area contributed by atoms with Gasteiger partial charge in [0.2, 0.25) is 0 Å². The van der Waals surface area contributed by atoms with Gasteiger partial charge in [-0.05, 0) is 124 Å². The minimum absolute atomic E-state index is 0.0877. The van der Waals surface area contributed by atoms with Gasteiger partial charge in [-0.3, -0.25) is 9.97 Å². The number of hydrogen-bond acceptors (Lipinski definition) is 2. The molecule has 0 aliphatic heterocycles. The van der Waals surface area contributed by atoms with Crippen LogP contribution in [-0.4, -0.2) is 9.97 Å². The van der Waals surface area contributed by atoms with E-state index >= 15 is 0 Å². The Labute approximate surface area is 332 Å². The maximum absolute atomic E-state index is 8.26. The zero-order chi connectivity index (χ0) is 40.4. The van der Waals surface area contributed by atoms with Crippen molar-refractivity contribution in [3.8, 4) is 55.9 Å². The van der Waals surface area contributed by atoms with Gasteiger partial charge in [-0.1, -0.05) is 161 Å². The lowest BCUT2D eigenvalue weighted by Gasteiger charge is -2.18. The third-order valence-electron chi connectivity index (χ3n) is 11.4. The summed E-state index contributed by atoms with van der Waals surface area (Å²) in [6.45, 7) is 6.55. The van der Waals surface area contributed by atoms with E-state index in [0.717, 1.165) is 46.5 Å². The Bertz CT molecular complexity index is 2500. The van der Waals surface area contributed by atoms with Crippen LogP contribution >= 0.6 is 0 Å². The Hall–Kier alpha value is -5.60. The summed E-state index contributed by atoms with van der Waals surface area (Å²) in [6, 6.07) is 47.7. The molecule has 2 heterocycles. The van der Waals surface area contributed by atoms with Crippen molar-refractivity contribution >= 4 is 0 Å². The summed E-state index contributed by atoms with van der Waals surface area (Å²) in [6.07, 6.45) is 10.5. The summed E-state index contributed by atoms with van der Waals surface area (Å²) >= 11 is 0. The SMILES string of the molecule is [2H]C([2H])([2H])c1cnc(-c2ccc(-c3ccccc3-c3cc(C)cc(CCc4ccc(-c5ccc(C(C)(C)C)cn5)cc4)c3)cc2)cc1-c1ccc(C2CCCC2)cc1. The molecule has 0 bridgehead atoms. The molecule has 0 radical (unpaired) electrons. The standard InChI is InChI=1S/C53H52N2/c1-36-30-39(15-14-38-16-18-44(19-17-38)51-29-28-47(35-55-51)53(3,4)5)32-46(31-36)49-13-9-8-12-48(49)42-24-26-45(27-25-42)52-33-50(37(2)34-54-52)43-22-20-41(21-23-43)40-10-6-7-11-40/h8-9,12-13,16-35,40H,6-7,10-11,14-15H2,1-5H3/i2D3. The Kier molecular flexibility index (Phi) is 9.32. The summed E-state index contributed by atoms with van der Waals surface area (Å²) in [7, 11) is 0. The molecule has 0 spiro atoms. The van der Waals surface area contributed by atoms with Crippen molar-refractivity contribution in [3.05, 3.63) is 179 Å². The first-order valence-electron chi connectivity index (χ1n) is 21.4. The van der Waals surface area contributed by atoms with Crippen LogP contribution in [0.25, 0.3) is 55.9 Å². The predicted octanol–water partition coefficient (Wildman–Crippen LogP) is 14.2. The Morgan fingerprint density at radius 1 is 0.564 bits per heavy atom. The van der Waals surface area contributed by atoms with Gasteiger partial charge in [0.1, 0.15) is 0 Å². The van der Waals surface area contributed by atoms with E-state index in [1.807, 2.05) is 12.3 Å². The van der Waals surface area contributed by atoms with Crippen molar-refractivity contribution in [1.29, 1.82) is 0 Å². The van der Waals surface area contributed by atoms with Gasteiger partial charge < -0.3 is 0 Å². The molecule has 5 aromatic carbocycles. The highest BCUT2D eigenvalue weighted by Gasteiger charge is 2.18. The van der Waals surface area contributed by atoms with E-state index in [1.165, 1.54) is 70.2 Å². The molecule has 7 aromatic rings. The van der Waals surface area contributed by atoms with Crippen molar-refractivity contribution in [2.75, 3.05) is 0 Å². The van der Waals surface area contributed by atoms with E-state index in [1.54, 1.807) is 6.20 Å². The number of aryl methyl sites for hydroxylation is 4. The molecule has 2 heteroatoms. The molecule has 1 fully saturated rings. The molecule has 0 amide bonds. The highest BCUT2D eigenvalue weighted by atomic mass is 14.7. The third-order valence-corrected chi connectivity index (χ3v) is 11.4. The summed E-state index contributed by atoms with van der Waals surface area (Å²) in [5.41, 5.74) is 17.0. The molecule has 55 heavy (non-hydrogen) atoms. The van der Waals surface area contributed by atoms with Gasteiger partial charge in [0, 0.05) is 27.6 Å². The van der Waals surface area contributed by atoms with Crippen LogP contribution < -0.4 is 0 Å². The van der Waals surface area contributed by atoms with Crippen LogP contribution in [0.2, 0.25) is 0 Å². The fourth-order valence-corrected chi connectivity index (χ4v) is 8.15. The maximum atomic E-state index is 8.26. The monoisotopic (exact) mass is 719 g/mol. The van der Waals surface area contributed by atoms with Crippen LogP contribution in [0.4, 0.5) is 0 Å². The lowest BCUT2D eigenvalue weighted by molar-refractivity contribution is 0.587. The molecule has 274 valence electrons. The van der Waals surface area contributed by atoms with Gasteiger partial charge in [0.15, 0.2) is 0 Å². The third kappa shape index (κ3) is 8.25. The molecule has 0 atom stereocenters. The lowest BCUT2D eigenvalue weighted by atomic mass is 9.88. The van der Waals surface area contributed by atoms with Crippen molar-refractivity contribution in [2.45, 2.75) is 84.4 Å². The van der Waals surface area contributed by atoms with Gasteiger partial charge in [-0.2, -0.15) is 0 Å². The molecule has 2 aromatic heterocycles. The van der Waals surface area contributed by atoms with E-state index in [0.29, 0.717) is 11.5 Å². The van der Waals surface area contributed by atoms with Crippen molar-refractivity contribution in [3.63, 3.8) is 0 Å². The molecule has 8 rings (SSSR count). The van der Waals surface area contributed by atoms with Crippen molar-refractivity contribution in [2.24, 2.45) is 0 Å². The summed E-state index contributed by atoms with van der Waals surface area (Å²) in [5, 5.41) is 0.